The Morgan fingerprint density at radius 1 is 1.21 bits per heavy atom. The summed E-state index contributed by atoms with van der Waals surface area (Å²) in [5, 5.41) is 11.1. The van der Waals surface area contributed by atoms with E-state index in [2.05, 4.69) is 20.5 Å². The van der Waals surface area contributed by atoms with E-state index in [4.69, 9.17) is 12.2 Å². The Kier molecular flexibility index (Phi) is 5.06. The van der Waals surface area contributed by atoms with Gasteiger partial charge in [0.2, 0.25) is 5.91 Å². The van der Waals surface area contributed by atoms with E-state index in [1.54, 1.807) is 11.3 Å². The zero-order chi connectivity index (χ0) is 19.7. The van der Waals surface area contributed by atoms with Crippen LogP contribution in [-0.4, -0.2) is 25.7 Å². The Morgan fingerprint density at radius 3 is 2.79 bits per heavy atom. The fourth-order valence-electron chi connectivity index (χ4n) is 3.00. The first kappa shape index (κ1) is 18.5. The average molecular weight is 410 g/mol. The maximum atomic E-state index is 12.5. The molecule has 0 aliphatic carbocycles. The van der Waals surface area contributed by atoms with Crippen molar-refractivity contribution in [3.8, 4) is 11.4 Å². The van der Waals surface area contributed by atoms with Gasteiger partial charge in [0.1, 0.15) is 0 Å². The molecule has 0 unspecified atom stereocenters. The number of rotatable bonds is 5. The maximum absolute atomic E-state index is 12.5. The molecule has 4 rings (SSSR count). The molecule has 6 nitrogen and oxygen atoms in total. The van der Waals surface area contributed by atoms with Crippen LogP contribution in [0, 0.1) is 18.6 Å². The third-order valence-electron chi connectivity index (χ3n) is 4.41. The SMILES string of the molecule is Cc1ccc(-c2n[nH]c(=S)n2CCC(=O)Nc2ccc3nc(C)sc3c2)cc1. The molecule has 4 aromatic rings. The van der Waals surface area contributed by atoms with Crippen molar-refractivity contribution < 1.29 is 4.79 Å². The molecule has 0 atom stereocenters. The van der Waals surface area contributed by atoms with E-state index >= 15 is 0 Å². The molecule has 1 amide bonds. The average Bonchev–Trinajstić information content (AvgIpc) is 3.22. The first-order chi connectivity index (χ1) is 13.5. The zero-order valence-corrected chi connectivity index (χ0v) is 17.2. The highest BCUT2D eigenvalue weighted by atomic mass is 32.1. The third kappa shape index (κ3) is 3.88. The number of aryl methyl sites for hydroxylation is 2. The topological polar surface area (TPSA) is 75.6 Å². The Hall–Kier alpha value is -2.84. The van der Waals surface area contributed by atoms with Crippen LogP contribution in [0.2, 0.25) is 0 Å². The second-order valence-electron chi connectivity index (χ2n) is 6.58. The summed E-state index contributed by atoms with van der Waals surface area (Å²) >= 11 is 6.96. The van der Waals surface area contributed by atoms with E-state index in [0.29, 0.717) is 17.7 Å². The van der Waals surface area contributed by atoms with Gasteiger partial charge in [-0.25, -0.2) is 4.98 Å². The summed E-state index contributed by atoms with van der Waals surface area (Å²) in [7, 11) is 0. The molecule has 8 heteroatoms. The summed E-state index contributed by atoms with van der Waals surface area (Å²) in [6, 6.07) is 13.8. The standard InChI is InChI=1S/C20H19N5OS2/c1-12-3-5-14(6-4-12)19-23-24-20(27)25(19)10-9-18(26)22-15-7-8-16-17(11-15)28-13(2)21-16/h3-8,11H,9-10H2,1-2H3,(H,22,26)(H,24,27). The summed E-state index contributed by atoms with van der Waals surface area (Å²) in [5.74, 6) is 0.665. The number of thiazole rings is 1. The number of carbonyl (C=O) groups is 1. The first-order valence-electron chi connectivity index (χ1n) is 8.89. The van der Waals surface area contributed by atoms with Crippen molar-refractivity contribution >= 4 is 45.4 Å². The van der Waals surface area contributed by atoms with E-state index < -0.39 is 0 Å². The second-order valence-corrected chi connectivity index (χ2v) is 8.21. The number of hydrogen-bond donors (Lipinski definition) is 2. The molecule has 0 radical (unpaired) electrons. The Balaban J connectivity index is 1.46. The third-order valence-corrected chi connectivity index (χ3v) is 5.65. The van der Waals surface area contributed by atoms with Crippen LogP contribution in [-0.2, 0) is 11.3 Å². The molecule has 0 spiro atoms. The molecule has 0 aliphatic rings. The minimum Gasteiger partial charge on any atom is -0.326 e. The first-order valence-corrected chi connectivity index (χ1v) is 10.1. The molecule has 2 N–H and O–H groups in total. The van der Waals surface area contributed by atoms with E-state index in [1.165, 1.54) is 5.56 Å². The van der Waals surface area contributed by atoms with Crippen molar-refractivity contribution in [3.63, 3.8) is 0 Å². The number of carbonyl (C=O) groups excluding carboxylic acids is 1. The highest BCUT2D eigenvalue weighted by Crippen LogP contribution is 2.25. The largest absolute Gasteiger partial charge is 0.326 e. The number of aromatic nitrogens is 4. The van der Waals surface area contributed by atoms with Crippen molar-refractivity contribution in [2.24, 2.45) is 0 Å². The van der Waals surface area contributed by atoms with Gasteiger partial charge in [0, 0.05) is 24.2 Å². The van der Waals surface area contributed by atoms with E-state index in [-0.39, 0.29) is 5.91 Å². The fraction of sp³-hybridized carbons (Fsp3) is 0.200. The smallest absolute Gasteiger partial charge is 0.226 e. The number of hydrogen-bond acceptors (Lipinski definition) is 5. The molecule has 0 aliphatic heterocycles. The molecule has 2 heterocycles. The van der Waals surface area contributed by atoms with Crippen LogP contribution in [0.25, 0.3) is 21.6 Å². The lowest BCUT2D eigenvalue weighted by Gasteiger charge is -2.08. The van der Waals surface area contributed by atoms with Gasteiger partial charge >= 0.3 is 0 Å². The molecule has 28 heavy (non-hydrogen) atoms. The minimum absolute atomic E-state index is 0.0708. The number of aromatic amines is 1. The summed E-state index contributed by atoms with van der Waals surface area (Å²) < 4.78 is 3.42. The lowest BCUT2D eigenvalue weighted by atomic mass is 10.1. The molecular weight excluding hydrogens is 390 g/mol. The number of nitrogens with one attached hydrogen (secondary N) is 2. The highest BCUT2D eigenvalue weighted by molar-refractivity contribution is 7.71. The van der Waals surface area contributed by atoms with Crippen LogP contribution >= 0.6 is 23.6 Å². The number of benzene rings is 2. The van der Waals surface area contributed by atoms with E-state index in [0.717, 1.165) is 32.3 Å². The lowest BCUT2D eigenvalue weighted by molar-refractivity contribution is -0.116. The maximum Gasteiger partial charge on any atom is 0.226 e. The molecule has 0 saturated heterocycles. The highest BCUT2D eigenvalue weighted by Gasteiger charge is 2.11. The van der Waals surface area contributed by atoms with Crippen LogP contribution in [0.1, 0.15) is 17.0 Å². The molecule has 2 aromatic heterocycles. The number of H-pyrrole nitrogens is 1. The number of nitrogens with zero attached hydrogens (tertiary/aromatic N) is 3. The van der Waals surface area contributed by atoms with Crippen LogP contribution in [0.15, 0.2) is 42.5 Å². The van der Waals surface area contributed by atoms with Crippen molar-refractivity contribution in [1.29, 1.82) is 0 Å². The summed E-state index contributed by atoms with van der Waals surface area (Å²) in [6.45, 7) is 4.46. The summed E-state index contributed by atoms with van der Waals surface area (Å²) in [5.41, 5.74) is 3.87. The second kappa shape index (κ2) is 7.65. The Bertz CT molecular complexity index is 1200. The van der Waals surface area contributed by atoms with Crippen LogP contribution in [0.4, 0.5) is 5.69 Å². The van der Waals surface area contributed by atoms with Gasteiger partial charge in [-0.15, -0.1) is 11.3 Å². The van der Waals surface area contributed by atoms with E-state index in [9.17, 15) is 4.79 Å². The normalized spacial score (nSPS) is 11.1. The molecular formula is C20H19N5OS2. The monoisotopic (exact) mass is 409 g/mol. The molecule has 0 saturated carbocycles. The summed E-state index contributed by atoms with van der Waals surface area (Å²) in [6.07, 6.45) is 0.298. The zero-order valence-electron chi connectivity index (χ0n) is 15.5. The number of fused-ring (bicyclic) bond motifs is 1. The molecule has 2 aromatic carbocycles. The van der Waals surface area contributed by atoms with Crippen molar-refractivity contribution in [1.82, 2.24) is 19.7 Å². The molecule has 142 valence electrons. The van der Waals surface area contributed by atoms with Crippen LogP contribution in [0.3, 0.4) is 0 Å². The fourth-order valence-corrected chi connectivity index (χ4v) is 4.09. The van der Waals surface area contributed by atoms with Crippen molar-refractivity contribution in [2.75, 3.05) is 5.32 Å². The summed E-state index contributed by atoms with van der Waals surface area (Å²) in [4.78, 5) is 16.9. The van der Waals surface area contributed by atoms with Crippen molar-refractivity contribution in [2.45, 2.75) is 26.8 Å². The quantitative estimate of drug-likeness (QED) is 0.462. The van der Waals surface area contributed by atoms with Crippen LogP contribution < -0.4 is 5.32 Å². The Labute approximate surface area is 171 Å². The molecule has 0 bridgehead atoms. The van der Waals surface area contributed by atoms with Gasteiger partial charge in [-0.3, -0.25) is 14.5 Å². The van der Waals surface area contributed by atoms with Gasteiger partial charge in [-0.2, -0.15) is 5.10 Å². The predicted octanol–water partition coefficient (Wildman–Crippen LogP) is 4.86. The number of amides is 1. The minimum atomic E-state index is -0.0708. The molecule has 0 fully saturated rings. The van der Waals surface area contributed by atoms with Crippen molar-refractivity contribution in [3.05, 3.63) is 57.8 Å². The Morgan fingerprint density at radius 2 is 2.00 bits per heavy atom. The predicted molar refractivity (Wildman–Crippen MR) is 115 cm³/mol. The lowest BCUT2D eigenvalue weighted by Crippen LogP contribution is -2.15. The van der Waals surface area contributed by atoms with Gasteiger partial charge in [-0.05, 0) is 44.3 Å². The van der Waals surface area contributed by atoms with Crippen LogP contribution in [0.5, 0.6) is 0 Å². The van der Waals surface area contributed by atoms with Gasteiger partial charge in [-0.1, -0.05) is 29.8 Å². The van der Waals surface area contributed by atoms with Gasteiger partial charge in [0.05, 0.1) is 15.2 Å². The van der Waals surface area contributed by atoms with Gasteiger partial charge in [0.25, 0.3) is 0 Å². The van der Waals surface area contributed by atoms with Gasteiger partial charge < -0.3 is 5.32 Å². The van der Waals surface area contributed by atoms with Gasteiger partial charge in [0.15, 0.2) is 10.6 Å². The number of anilines is 1. The van der Waals surface area contributed by atoms with E-state index in [1.807, 2.05) is 60.9 Å².